The average Bonchev–Trinajstić information content (AvgIpc) is 2.80. The Morgan fingerprint density at radius 2 is 2.05 bits per heavy atom. The van der Waals surface area contributed by atoms with E-state index in [0.717, 1.165) is 23.4 Å². The topological polar surface area (TPSA) is 32.3 Å². The number of halogens is 1. The number of anilines is 2. The first kappa shape index (κ1) is 14.9. The molecule has 0 fully saturated rings. The Bertz CT molecular complexity index is 714. The summed E-state index contributed by atoms with van der Waals surface area (Å²) in [6, 6.07) is 14.2. The van der Waals surface area contributed by atoms with E-state index >= 15 is 0 Å². The summed E-state index contributed by atoms with van der Waals surface area (Å²) in [6.45, 7) is 4.41. The molecule has 0 radical (unpaired) electrons. The lowest BCUT2D eigenvalue weighted by Crippen LogP contribution is -2.37. The minimum atomic E-state index is -0.0195. The molecule has 22 heavy (non-hydrogen) atoms. The lowest BCUT2D eigenvalue weighted by atomic mass is 10.1. The van der Waals surface area contributed by atoms with E-state index in [1.165, 1.54) is 5.56 Å². The number of carbonyl (C=O) groups is 1. The van der Waals surface area contributed by atoms with Gasteiger partial charge in [-0.15, -0.1) is 0 Å². The maximum atomic E-state index is 12.4. The molecular weight excluding hydrogens is 296 g/mol. The van der Waals surface area contributed by atoms with Crippen LogP contribution in [0.15, 0.2) is 42.5 Å². The molecule has 0 saturated carbocycles. The minimum absolute atomic E-state index is 0.0195. The van der Waals surface area contributed by atoms with E-state index in [4.69, 9.17) is 11.6 Å². The molecule has 2 aromatic carbocycles. The van der Waals surface area contributed by atoms with Gasteiger partial charge in [0, 0.05) is 22.4 Å². The summed E-state index contributed by atoms with van der Waals surface area (Å²) < 4.78 is 0. The van der Waals surface area contributed by atoms with Crippen LogP contribution in [0, 0.1) is 6.92 Å². The Hall–Kier alpha value is -2.00. The van der Waals surface area contributed by atoms with Crippen LogP contribution in [0.1, 0.15) is 18.1 Å². The first-order chi connectivity index (χ1) is 10.6. The van der Waals surface area contributed by atoms with Crippen molar-refractivity contribution in [2.24, 2.45) is 0 Å². The highest BCUT2D eigenvalue weighted by Gasteiger charge is 2.27. The standard InChI is InChI=1S/C18H19ClN2O/c1-12-10-14-6-3-4-9-17(14)21(12)11-18(22)20-16-8-5-7-15(19)13(16)2/h3-9,12H,10-11H2,1-2H3,(H,20,22)/t12-/m0/s1. The number of benzene rings is 2. The first-order valence-electron chi connectivity index (χ1n) is 7.46. The Balaban J connectivity index is 1.74. The van der Waals surface area contributed by atoms with Crippen LogP contribution in [-0.4, -0.2) is 18.5 Å². The van der Waals surface area contributed by atoms with Gasteiger partial charge < -0.3 is 10.2 Å². The van der Waals surface area contributed by atoms with Crippen molar-refractivity contribution in [2.75, 3.05) is 16.8 Å². The fourth-order valence-electron chi connectivity index (χ4n) is 2.96. The van der Waals surface area contributed by atoms with E-state index in [-0.39, 0.29) is 5.91 Å². The fourth-order valence-corrected chi connectivity index (χ4v) is 3.13. The predicted molar refractivity (Wildman–Crippen MR) is 91.8 cm³/mol. The van der Waals surface area contributed by atoms with E-state index in [9.17, 15) is 4.79 Å². The zero-order valence-corrected chi connectivity index (χ0v) is 13.5. The van der Waals surface area contributed by atoms with Gasteiger partial charge in [0.15, 0.2) is 0 Å². The molecule has 3 rings (SSSR count). The molecule has 1 heterocycles. The zero-order chi connectivity index (χ0) is 15.7. The zero-order valence-electron chi connectivity index (χ0n) is 12.8. The first-order valence-corrected chi connectivity index (χ1v) is 7.83. The SMILES string of the molecule is Cc1c(Cl)cccc1NC(=O)CN1c2ccccc2C[C@@H]1C. The molecule has 1 aliphatic heterocycles. The summed E-state index contributed by atoms with van der Waals surface area (Å²) in [4.78, 5) is 14.5. The van der Waals surface area contributed by atoms with Gasteiger partial charge in [-0.05, 0) is 49.6 Å². The lowest BCUT2D eigenvalue weighted by Gasteiger charge is -2.24. The number of nitrogens with zero attached hydrogens (tertiary/aromatic N) is 1. The average molecular weight is 315 g/mol. The van der Waals surface area contributed by atoms with Crippen LogP contribution in [0.5, 0.6) is 0 Å². The lowest BCUT2D eigenvalue weighted by molar-refractivity contribution is -0.115. The number of rotatable bonds is 3. The Labute approximate surface area is 135 Å². The molecule has 2 aromatic rings. The molecule has 0 saturated heterocycles. The van der Waals surface area contributed by atoms with Crippen molar-refractivity contribution in [2.45, 2.75) is 26.3 Å². The molecule has 3 nitrogen and oxygen atoms in total. The number of hydrogen-bond donors (Lipinski definition) is 1. The fraction of sp³-hybridized carbons (Fsp3) is 0.278. The van der Waals surface area contributed by atoms with Crippen molar-refractivity contribution in [1.82, 2.24) is 0 Å². The van der Waals surface area contributed by atoms with E-state index in [1.807, 2.05) is 37.3 Å². The number of para-hydroxylation sites is 1. The molecule has 114 valence electrons. The van der Waals surface area contributed by atoms with Gasteiger partial charge in [0.2, 0.25) is 5.91 Å². The number of hydrogen-bond acceptors (Lipinski definition) is 2. The van der Waals surface area contributed by atoms with Crippen molar-refractivity contribution in [3.63, 3.8) is 0 Å². The summed E-state index contributed by atoms with van der Waals surface area (Å²) in [5.41, 5.74) is 4.14. The van der Waals surface area contributed by atoms with Crippen molar-refractivity contribution in [3.05, 3.63) is 58.6 Å². The largest absolute Gasteiger partial charge is 0.359 e. The maximum absolute atomic E-state index is 12.4. The summed E-state index contributed by atoms with van der Waals surface area (Å²) in [7, 11) is 0. The highest BCUT2D eigenvalue weighted by Crippen LogP contribution is 2.31. The van der Waals surface area contributed by atoms with Gasteiger partial charge in [-0.1, -0.05) is 35.9 Å². The van der Waals surface area contributed by atoms with Crippen LogP contribution in [0.25, 0.3) is 0 Å². The summed E-state index contributed by atoms with van der Waals surface area (Å²) in [5.74, 6) is -0.0195. The molecule has 0 unspecified atom stereocenters. The molecule has 1 atom stereocenters. The molecule has 1 amide bonds. The van der Waals surface area contributed by atoms with Gasteiger partial charge in [0.05, 0.1) is 6.54 Å². The van der Waals surface area contributed by atoms with E-state index in [0.29, 0.717) is 17.6 Å². The molecule has 0 bridgehead atoms. The predicted octanol–water partition coefficient (Wildman–Crippen LogP) is 4.04. The third-order valence-electron chi connectivity index (χ3n) is 4.20. The van der Waals surface area contributed by atoms with Crippen LogP contribution < -0.4 is 10.2 Å². The third-order valence-corrected chi connectivity index (χ3v) is 4.61. The highest BCUT2D eigenvalue weighted by molar-refractivity contribution is 6.31. The molecule has 1 aliphatic rings. The normalized spacial score (nSPS) is 16.5. The second-order valence-corrected chi connectivity index (χ2v) is 6.18. The second kappa shape index (κ2) is 6.01. The molecule has 0 aliphatic carbocycles. The quantitative estimate of drug-likeness (QED) is 0.927. The van der Waals surface area contributed by atoms with Crippen LogP contribution in [0.2, 0.25) is 5.02 Å². The van der Waals surface area contributed by atoms with Crippen molar-refractivity contribution in [1.29, 1.82) is 0 Å². The van der Waals surface area contributed by atoms with Gasteiger partial charge >= 0.3 is 0 Å². The summed E-state index contributed by atoms with van der Waals surface area (Å²) >= 11 is 6.10. The maximum Gasteiger partial charge on any atom is 0.243 e. The van der Waals surface area contributed by atoms with Gasteiger partial charge in [0.25, 0.3) is 0 Å². The van der Waals surface area contributed by atoms with Gasteiger partial charge in [-0.3, -0.25) is 4.79 Å². The molecule has 4 heteroatoms. The number of fused-ring (bicyclic) bond motifs is 1. The highest BCUT2D eigenvalue weighted by atomic mass is 35.5. The minimum Gasteiger partial charge on any atom is -0.359 e. The van der Waals surface area contributed by atoms with Crippen LogP contribution >= 0.6 is 11.6 Å². The van der Waals surface area contributed by atoms with Crippen LogP contribution in [-0.2, 0) is 11.2 Å². The third kappa shape index (κ3) is 2.81. The smallest absolute Gasteiger partial charge is 0.243 e. The monoisotopic (exact) mass is 314 g/mol. The van der Waals surface area contributed by atoms with Crippen LogP contribution in [0.3, 0.4) is 0 Å². The van der Waals surface area contributed by atoms with Crippen molar-refractivity contribution >= 4 is 28.9 Å². The molecular formula is C18H19ClN2O. The van der Waals surface area contributed by atoms with E-state index < -0.39 is 0 Å². The molecule has 0 aromatic heterocycles. The molecule has 0 spiro atoms. The number of amides is 1. The van der Waals surface area contributed by atoms with Gasteiger partial charge in [-0.2, -0.15) is 0 Å². The van der Waals surface area contributed by atoms with Crippen molar-refractivity contribution in [3.8, 4) is 0 Å². The van der Waals surface area contributed by atoms with Gasteiger partial charge in [0.1, 0.15) is 0 Å². The summed E-state index contributed by atoms with van der Waals surface area (Å²) in [5, 5.41) is 3.63. The van der Waals surface area contributed by atoms with Crippen molar-refractivity contribution < 1.29 is 4.79 Å². The second-order valence-electron chi connectivity index (χ2n) is 5.77. The Morgan fingerprint density at radius 3 is 2.86 bits per heavy atom. The van der Waals surface area contributed by atoms with Crippen LogP contribution in [0.4, 0.5) is 11.4 Å². The Kier molecular flexibility index (Phi) is 4.08. The molecule has 1 N–H and O–H groups in total. The van der Waals surface area contributed by atoms with E-state index in [2.05, 4.69) is 29.3 Å². The summed E-state index contributed by atoms with van der Waals surface area (Å²) in [6.07, 6.45) is 0.986. The Morgan fingerprint density at radius 1 is 1.27 bits per heavy atom. The van der Waals surface area contributed by atoms with E-state index in [1.54, 1.807) is 0 Å². The number of nitrogens with one attached hydrogen (secondary N) is 1. The number of carbonyl (C=O) groups excluding carboxylic acids is 1. The van der Waals surface area contributed by atoms with Gasteiger partial charge in [-0.25, -0.2) is 0 Å².